The van der Waals surface area contributed by atoms with Gasteiger partial charge in [0.15, 0.2) is 0 Å². The second kappa shape index (κ2) is 6.18. The highest BCUT2D eigenvalue weighted by molar-refractivity contribution is 5.76. The lowest BCUT2D eigenvalue weighted by Gasteiger charge is -2.07. The summed E-state index contributed by atoms with van der Waals surface area (Å²) in [5.74, 6) is -0.479. The average molecular weight is 263 g/mol. The zero-order valence-electron chi connectivity index (χ0n) is 9.38. The maximum Gasteiger partial charge on any atom is 0.390 e. The van der Waals surface area contributed by atoms with Crippen molar-refractivity contribution < 1.29 is 18.0 Å². The first-order valence-electron chi connectivity index (χ1n) is 5.25. The minimum Gasteiger partial charge on any atom is -0.356 e. The lowest BCUT2D eigenvalue weighted by molar-refractivity contribution is -0.135. The normalized spacial score (nSPS) is 11.3. The molecule has 1 aromatic rings. The Balaban J connectivity index is 2.25. The molecule has 0 atom stereocenters. The number of amides is 1. The third-order valence-electron chi connectivity index (χ3n) is 2.08. The van der Waals surface area contributed by atoms with E-state index in [0.717, 1.165) is 0 Å². The fourth-order valence-corrected chi connectivity index (χ4v) is 1.19. The van der Waals surface area contributed by atoms with Gasteiger partial charge >= 0.3 is 6.18 Å². The number of nitrogens with one attached hydrogen (secondary N) is 2. The first-order valence-corrected chi connectivity index (χ1v) is 5.25. The van der Waals surface area contributed by atoms with Gasteiger partial charge in [-0.05, 0) is 6.07 Å². The van der Waals surface area contributed by atoms with Crippen LogP contribution in [0.25, 0.3) is 0 Å². The number of rotatable bonds is 5. The van der Waals surface area contributed by atoms with Crippen LogP contribution in [0.3, 0.4) is 0 Å². The summed E-state index contributed by atoms with van der Waals surface area (Å²) in [6, 6.07) is 2.73. The summed E-state index contributed by atoms with van der Waals surface area (Å²) in [7, 11) is 0. The molecule has 1 rings (SSSR count). The van der Waals surface area contributed by atoms with Crippen LogP contribution in [-0.4, -0.2) is 28.8 Å². The van der Waals surface area contributed by atoms with Crippen molar-refractivity contribution in [2.45, 2.75) is 25.4 Å². The Morgan fingerprint density at radius 3 is 2.67 bits per heavy atom. The Labute approximate surface area is 100 Å². The van der Waals surface area contributed by atoms with E-state index in [2.05, 4.69) is 15.5 Å². The Morgan fingerprint density at radius 2 is 2.11 bits per heavy atom. The molecule has 8 heteroatoms. The van der Waals surface area contributed by atoms with Gasteiger partial charge < -0.3 is 5.32 Å². The summed E-state index contributed by atoms with van der Waals surface area (Å²) < 4.78 is 35.4. The molecule has 0 bridgehead atoms. The number of carbonyl (C=O) groups is 1. The Morgan fingerprint density at radius 1 is 1.39 bits per heavy atom. The van der Waals surface area contributed by atoms with E-state index in [1.807, 2.05) is 0 Å². The van der Waals surface area contributed by atoms with E-state index in [0.29, 0.717) is 5.69 Å². The molecule has 1 heterocycles. The van der Waals surface area contributed by atoms with Gasteiger partial charge in [0.05, 0.1) is 12.1 Å². The van der Waals surface area contributed by atoms with Crippen LogP contribution in [0, 0.1) is 0 Å². The van der Waals surface area contributed by atoms with Crippen molar-refractivity contribution in [3.05, 3.63) is 28.2 Å². The molecule has 0 spiro atoms. The van der Waals surface area contributed by atoms with Crippen LogP contribution in [-0.2, 0) is 11.2 Å². The summed E-state index contributed by atoms with van der Waals surface area (Å²) in [4.78, 5) is 21.9. The highest BCUT2D eigenvalue weighted by atomic mass is 19.4. The van der Waals surface area contributed by atoms with Crippen molar-refractivity contribution in [1.29, 1.82) is 0 Å². The molecule has 2 N–H and O–H groups in total. The predicted molar refractivity (Wildman–Crippen MR) is 56.9 cm³/mol. The summed E-state index contributed by atoms with van der Waals surface area (Å²) in [6.07, 6.45) is -5.03. The molecule has 0 saturated carbocycles. The summed E-state index contributed by atoms with van der Waals surface area (Å²) >= 11 is 0. The standard InChI is InChI=1S/C10H12F3N3O2/c11-10(12,13)5-6-14-8(17)3-1-7-2-4-9(18)16-15-7/h2,4H,1,3,5-6H2,(H,14,17)(H,16,18). The van der Waals surface area contributed by atoms with Gasteiger partial charge in [0.25, 0.3) is 5.56 Å². The molecule has 18 heavy (non-hydrogen) atoms. The van der Waals surface area contributed by atoms with Crippen molar-refractivity contribution in [2.75, 3.05) is 6.54 Å². The fourth-order valence-electron chi connectivity index (χ4n) is 1.19. The van der Waals surface area contributed by atoms with Gasteiger partial charge in [-0.1, -0.05) is 0 Å². The number of hydrogen-bond donors (Lipinski definition) is 2. The second-order valence-corrected chi connectivity index (χ2v) is 3.63. The largest absolute Gasteiger partial charge is 0.390 e. The lowest BCUT2D eigenvalue weighted by atomic mass is 10.2. The molecule has 0 aliphatic carbocycles. The maximum atomic E-state index is 11.8. The molecule has 0 unspecified atom stereocenters. The number of H-pyrrole nitrogens is 1. The molecule has 100 valence electrons. The summed E-state index contributed by atoms with van der Waals surface area (Å²) in [5, 5.41) is 8.04. The number of alkyl halides is 3. The zero-order chi connectivity index (χ0) is 13.6. The van der Waals surface area contributed by atoms with E-state index in [-0.39, 0.29) is 18.4 Å². The fraction of sp³-hybridized carbons (Fsp3) is 0.500. The van der Waals surface area contributed by atoms with Crippen LogP contribution in [0.2, 0.25) is 0 Å². The van der Waals surface area contributed by atoms with Crippen LogP contribution in [0.1, 0.15) is 18.5 Å². The first-order chi connectivity index (χ1) is 8.37. The van der Waals surface area contributed by atoms with Crippen LogP contribution < -0.4 is 10.9 Å². The molecule has 1 amide bonds. The van der Waals surface area contributed by atoms with Gasteiger partial charge in [0.1, 0.15) is 0 Å². The van der Waals surface area contributed by atoms with Gasteiger partial charge in [-0.25, -0.2) is 5.10 Å². The Hall–Kier alpha value is -1.86. The predicted octanol–water partition coefficient (Wildman–Crippen LogP) is 0.771. The number of nitrogens with zero attached hydrogens (tertiary/aromatic N) is 1. The number of aromatic nitrogens is 2. The molecule has 1 aromatic heterocycles. The molecule has 0 aliphatic rings. The molecular formula is C10H12F3N3O2. The Kier molecular flexibility index (Phi) is 4.87. The average Bonchev–Trinajstić information content (AvgIpc) is 2.26. The lowest BCUT2D eigenvalue weighted by Crippen LogP contribution is -2.28. The smallest absolute Gasteiger partial charge is 0.356 e. The number of aryl methyl sites for hydroxylation is 1. The topological polar surface area (TPSA) is 74.8 Å². The SMILES string of the molecule is O=C(CCc1ccc(=O)[nH]n1)NCCC(F)(F)F. The minimum atomic E-state index is -4.27. The summed E-state index contributed by atoms with van der Waals surface area (Å²) in [6.45, 7) is -0.429. The van der Waals surface area contributed by atoms with Crippen LogP contribution >= 0.6 is 0 Å². The third-order valence-corrected chi connectivity index (χ3v) is 2.08. The minimum absolute atomic E-state index is 0.0247. The van der Waals surface area contributed by atoms with E-state index in [1.165, 1.54) is 12.1 Å². The van der Waals surface area contributed by atoms with Gasteiger partial charge in [0.2, 0.25) is 5.91 Å². The second-order valence-electron chi connectivity index (χ2n) is 3.63. The highest BCUT2D eigenvalue weighted by Crippen LogP contribution is 2.18. The third kappa shape index (κ3) is 6.02. The molecular weight excluding hydrogens is 251 g/mol. The molecule has 0 aromatic carbocycles. The van der Waals surface area contributed by atoms with Gasteiger partial charge in [-0.15, -0.1) is 0 Å². The van der Waals surface area contributed by atoms with Crippen LogP contribution in [0.4, 0.5) is 13.2 Å². The Bertz CT molecular complexity index is 436. The number of carbonyl (C=O) groups excluding carboxylic acids is 1. The number of aromatic amines is 1. The highest BCUT2D eigenvalue weighted by Gasteiger charge is 2.26. The van der Waals surface area contributed by atoms with Crippen LogP contribution in [0.5, 0.6) is 0 Å². The maximum absolute atomic E-state index is 11.8. The first kappa shape index (κ1) is 14.2. The molecule has 0 saturated heterocycles. The van der Waals surface area contributed by atoms with E-state index in [4.69, 9.17) is 0 Å². The van der Waals surface area contributed by atoms with E-state index < -0.39 is 25.0 Å². The van der Waals surface area contributed by atoms with Crippen molar-refractivity contribution in [1.82, 2.24) is 15.5 Å². The van der Waals surface area contributed by atoms with E-state index >= 15 is 0 Å². The quantitative estimate of drug-likeness (QED) is 0.824. The van der Waals surface area contributed by atoms with Gasteiger partial charge in [-0.2, -0.15) is 18.3 Å². The van der Waals surface area contributed by atoms with Crippen molar-refractivity contribution >= 4 is 5.91 Å². The molecule has 0 radical (unpaired) electrons. The van der Waals surface area contributed by atoms with Crippen LogP contribution in [0.15, 0.2) is 16.9 Å². The number of halogens is 3. The van der Waals surface area contributed by atoms with Crippen molar-refractivity contribution in [3.63, 3.8) is 0 Å². The summed E-state index contributed by atoms with van der Waals surface area (Å²) in [5.41, 5.74) is 0.147. The monoisotopic (exact) mass is 263 g/mol. The van der Waals surface area contributed by atoms with Crippen molar-refractivity contribution in [3.8, 4) is 0 Å². The van der Waals surface area contributed by atoms with E-state index in [1.54, 1.807) is 0 Å². The molecule has 0 fully saturated rings. The number of hydrogen-bond acceptors (Lipinski definition) is 3. The van der Waals surface area contributed by atoms with Crippen molar-refractivity contribution in [2.24, 2.45) is 0 Å². The molecule has 5 nitrogen and oxygen atoms in total. The van der Waals surface area contributed by atoms with Gasteiger partial charge in [-0.3, -0.25) is 9.59 Å². The molecule has 0 aliphatic heterocycles. The van der Waals surface area contributed by atoms with Gasteiger partial charge in [0, 0.05) is 25.5 Å². The zero-order valence-corrected chi connectivity index (χ0v) is 9.38. The van der Waals surface area contributed by atoms with E-state index in [9.17, 15) is 22.8 Å².